The van der Waals surface area contributed by atoms with E-state index in [4.69, 9.17) is 5.11 Å². The monoisotopic (exact) mass is 249 g/mol. The second kappa shape index (κ2) is 6.33. The molecule has 0 aliphatic heterocycles. The molecule has 5 nitrogen and oxygen atoms in total. The number of rotatable bonds is 3. The van der Waals surface area contributed by atoms with E-state index in [9.17, 15) is 4.79 Å². The van der Waals surface area contributed by atoms with Gasteiger partial charge in [0.15, 0.2) is 11.5 Å². The van der Waals surface area contributed by atoms with Gasteiger partial charge in [-0.25, -0.2) is 14.8 Å². The largest absolute Gasteiger partial charge is 0.476 e. The van der Waals surface area contributed by atoms with Gasteiger partial charge >= 0.3 is 5.97 Å². The number of hydrogen-bond donors (Lipinski definition) is 2. The van der Waals surface area contributed by atoms with Gasteiger partial charge < -0.3 is 10.4 Å². The van der Waals surface area contributed by atoms with E-state index < -0.39 is 5.97 Å². The maximum atomic E-state index is 11.0. The van der Waals surface area contributed by atoms with E-state index in [0.717, 1.165) is 12.8 Å². The lowest BCUT2D eigenvalue weighted by molar-refractivity contribution is 0.0691. The molecular formula is C13H19N3O2. The fraction of sp³-hybridized carbons (Fsp3) is 0.615. The quantitative estimate of drug-likeness (QED) is 0.861. The van der Waals surface area contributed by atoms with Crippen LogP contribution in [0.4, 0.5) is 5.82 Å². The van der Waals surface area contributed by atoms with E-state index in [0.29, 0.717) is 11.9 Å². The molecule has 1 aliphatic rings. The summed E-state index contributed by atoms with van der Waals surface area (Å²) in [6.07, 6.45) is 11.3. The Kier molecular flexibility index (Phi) is 4.50. The minimum Gasteiger partial charge on any atom is -0.476 e. The summed E-state index contributed by atoms with van der Waals surface area (Å²) in [4.78, 5) is 19.0. The molecule has 2 N–H and O–H groups in total. The molecule has 1 heterocycles. The number of carboxylic acids is 1. The van der Waals surface area contributed by atoms with Gasteiger partial charge in [-0.2, -0.15) is 0 Å². The Morgan fingerprint density at radius 3 is 2.39 bits per heavy atom. The van der Waals surface area contributed by atoms with E-state index in [1.165, 1.54) is 44.5 Å². The van der Waals surface area contributed by atoms with Crippen LogP contribution < -0.4 is 5.32 Å². The Bertz CT molecular complexity index is 401. The van der Waals surface area contributed by atoms with Crippen LogP contribution in [0.5, 0.6) is 0 Å². The van der Waals surface area contributed by atoms with Crippen molar-refractivity contribution in [3.63, 3.8) is 0 Å². The van der Waals surface area contributed by atoms with Gasteiger partial charge in [0.1, 0.15) is 0 Å². The lowest BCUT2D eigenvalue weighted by atomic mass is 9.97. The zero-order chi connectivity index (χ0) is 12.8. The molecule has 0 bridgehead atoms. The zero-order valence-electron chi connectivity index (χ0n) is 10.4. The number of aromatic nitrogens is 2. The lowest BCUT2D eigenvalue weighted by Gasteiger charge is -2.21. The maximum absolute atomic E-state index is 11.0. The average molecular weight is 249 g/mol. The van der Waals surface area contributed by atoms with Crippen LogP contribution in [0.3, 0.4) is 0 Å². The van der Waals surface area contributed by atoms with Crippen molar-refractivity contribution in [2.45, 2.75) is 51.0 Å². The van der Waals surface area contributed by atoms with Gasteiger partial charge in [0.2, 0.25) is 0 Å². The molecule has 1 fully saturated rings. The molecule has 1 saturated carbocycles. The summed E-state index contributed by atoms with van der Waals surface area (Å²) < 4.78 is 0. The smallest absolute Gasteiger partial charge is 0.358 e. The molecule has 0 amide bonds. The Morgan fingerprint density at radius 1 is 1.11 bits per heavy atom. The summed E-state index contributed by atoms with van der Waals surface area (Å²) in [5.74, 6) is -0.632. The molecule has 0 aromatic carbocycles. The van der Waals surface area contributed by atoms with Crippen LogP contribution in [0, 0.1) is 0 Å². The minimum absolute atomic E-state index is 0.0135. The van der Waals surface area contributed by atoms with Crippen molar-refractivity contribution in [1.29, 1.82) is 0 Å². The molecule has 0 spiro atoms. The summed E-state index contributed by atoms with van der Waals surface area (Å²) in [5.41, 5.74) is 0.0135. The number of carbonyl (C=O) groups is 1. The number of anilines is 1. The fourth-order valence-electron chi connectivity index (χ4n) is 2.39. The van der Waals surface area contributed by atoms with Crippen LogP contribution in [0.1, 0.15) is 55.4 Å². The number of nitrogens with one attached hydrogen (secondary N) is 1. The van der Waals surface area contributed by atoms with Crippen molar-refractivity contribution in [3.8, 4) is 0 Å². The standard InChI is InChI=1S/C13H19N3O2/c17-13(18)11-12(15-9-8-14-11)16-10-6-4-2-1-3-5-7-10/h8-10H,1-7H2,(H,15,16)(H,17,18). The lowest BCUT2D eigenvalue weighted by Crippen LogP contribution is -2.23. The molecule has 1 aliphatic carbocycles. The van der Waals surface area contributed by atoms with Crippen molar-refractivity contribution in [2.24, 2.45) is 0 Å². The number of nitrogens with zero attached hydrogens (tertiary/aromatic N) is 2. The zero-order valence-corrected chi connectivity index (χ0v) is 10.4. The van der Waals surface area contributed by atoms with Crippen LogP contribution >= 0.6 is 0 Å². The van der Waals surface area contributed by atoms with Crippen molar-refractivity contribution in [1.82, 2.24) is 9.97 Å². The highest BCUT2D eigenvalue weighted by Crippen LogP contribution is 2.20. The van der Waals surface area contributed by atoms with Crippen molar-refractivity contribution >= 4 is 11.8 Å². The first-order chi connectivity index (χ1) is 8.77. The third-order valence-corrected chi connectivity index (χ3v) is 3.35. The highest BCUT2D eigenvalue weighted by atomic mass is 16.4. The molecule has 0 radical (unpaired) electrons. The topological polar surface area (TPSA) is 75.1 Å². The molecule has 0 unspecified atom stereocenters. The normalized spacial score (nSPS) is 17.8. The van der Waals surface area contributed by atoms with Gasteiger partial charge in [-0.3, -0.25) is 0 Å². The summed E-state index contributed by atoms with van der Waals surface area (Å²) >= 11 is 0. The third-order valence-electron chi connectivity index (χ3n) is 3.35. The maximum Gasteiger partial charge on any atom is 0.358 e. The summed E-state index contributed by atoms with van der Waals surface area (Å²) in [5, 5.41) is 12.3. The van der Waals surface area contributed by atoms with E-state index >= 15 is 0 Å². The van der Waals surface area contributed by atoms with Crippen molar-refractivity contribution < 1.29 is 9.90 Å². The summed E-state index contributed by atoms with van der Waals surface area (Å²) in [6, 6.07) is 0.320. The van der Waals surface area contributed by atoms with E-state index in [1.807, 2.05) is 0 Å². The molecule has 1 aromatic rings. The molecule has 1 aromatic heterocycles. The van der Waals surface area contributed by atoms with Gasteiger partial charge in [-0.15, -0.1) is 0 Å². The minimum atomic E-state index is -1.03. The van der Waals surface area contributed by atoms with Gasteiger partial charge in [0.25, 0.3) is 0 Å². The Hall–Kier alpha value is -1.65. The highest BCUT2D eigenvalue weighted by molar-refractivity contribution is 5.90. The average Bonchev–Trinajstić information content (AvgIpc) is 2.33. The van der Waals surface area contributed by atoms with Crippen LogP contribution in [-0.4, -0.2) is 27.1 Å². The SMILES string of the molecule is O=C(O)c1nccnc1NC1CCCCCCC1. The van der Waals surface area contributed by atoms with E-state index in [1.54, 1.807) is 0 Å². The second-order valence-electron chi connectivity index (χ2n) is 4.75. The van der Waals surface area contributed by atoms with E-state index in [-0.39, 0.29) is 5.69 Å². The number of carboxylic acid groups (broad SMARTS) is 1. The summed E-state index contributed by atoms with van der Waals surface area (Å²) in [7, 11) is 0. The molecular weight excluding hydrogens is 230 g/mol. The molecule has 98 valence electrons. The van der Waals surface area contributed by atoms with Crippen LogP contribution in [-0.2, 0) is 0 Å². The molecule has 0 atom stereocenters. The van der Waals surface area contributed by atoms with Gasteiger partial charge in [-0.05, 0) is 12.8 Å². The third kappa shape index (κ3) is 3.42. The summed E-state index contributed by atoms with van der Waals surface area (Å²) in [6.45, 7) is 0. The Morgan fingerprint density at radius 2 is 1.72 bits per heavy atom. The van der Waals surface area contributed by atoms with Crippen molar-refractivity contribution in [2.75, 3.05) is 5.32 Å². The number of aromatic carboxylic acids is 1. The van der Waals surface area contributed by atoms with Crippen LogP contribution in [0.25, 0.3) is 0 Å². The predicted molar refractivity (Wildman–Crippen MR) is 68.7 cm³/mol. The second-order valence-corrected chi connectivity index (χ2v) is 4.75. The Balaban J connectivity index is 2.05. The molecule has 18 heavy (non-hydrogen) atoms. The Labute approximate surface area is 107 Å². The molecule has 5 heteroatoms. The molecule has 0 saturated heterocycles. The predicted octanol–water partition coefficient (Wildman–Crippen LogP) is 2.70. The first kappa shape index (κ1) is 12.8. The van der Waals surface area contributed by atoms with Crippen LogP contribution in [0.15, 0.2) is 12.4 Å². The van der Waals surface area contributed by atoms with Gasteiger partial charge in [0.05, 0.1) is 0 Å². The van der Waals surface area contributed by atoms with Crippen molar-refractivity contribution in [3.05, 3.63) is 18.1 Å². The first-order valence-electron chi connectivity index (χ1n) is 6.58. The van der Waals surface area contributed by atoms with Gasteiger partial charge in [-0.1, -0.05) is 32.1 Å². The molecule has 2 rings (SSSR count). The van der Waals surface area contributed by atoms with E-state index in [2.05, 4.69) is 15.3 Å². The van der Waals surface area contributed by atoms with Gasteiger partial charge in [0, 0.05) is 18.4 Å². The first-order valence-corrected chi connectivity index (χ1v) is 6.58. The number of hydrogen-bond acceptors (Lipinski definition) is 4. The fourth-order valence-corrected chi connectivity index (χ4v) is 2.39. The highest BCUT2D eigenvalue weighted by Gasteiger charge is 2.17. The van der Waals surface area contributed by atoms with Crippen LogP contribution in [0.2, 0.25) is 0 Å².